The molecule has 0 saturated heterocycles. The van der Waals surface area contributed by atoms with E-state index in [-0.39, 0.29) is 18.4 Å². The highest BCUT2D eigenvalue weighted by molar-refractivity contribution is 7.73. The zero-order chi connectivity index (χ0) is 23.7. The summed E-state index contributed by atoms with van der Waals surface area (Å²) in [7, 11) is 0. The number of amides is 3. The summed E-state index contributed by atoms with van der Waals surface area (Å²) in [5.41, 5.74) is 0.838. The van der Waals surface area contributed by atoms with Gasteiger partial charge in [0, 0.05) is 0 Å². The maximum atomic E-state index is 13.0. The molecule has 2 rings (SSSR count). The van der Waals surface area contributed by atoms with Gasteiger partial charge in [0.25, 0.3) is 0 Å². The second kappa shape index (κ2) is 12.3. The second-order valence-electron chi connectivity index (χ2n) is 7.71. The van der Waals surface area contributed by atoms with Crippen LogP contribution in [0.15, 0.2) is 30.3 Å². The van der Waals surface area contributed by atoms with Gasteiger partial charge in [0.1, 0.15) is 18.7 Å². The molecular formula is C21H29N5O4S2. The molecule has 0 fully saturated rings. The smallest absolute Gasteiger partial charge is 0.408 e. The SMILES string of the molecule is CCC(C)C(NC(=O)OCc1ccccc1)C(=O)NC(C(=O)Nc1n[nH]c(=S)s1)C(C)C. The normalized spacial score (nSPS) is 13.7. The number of hydrogen-bond donors (Lipinski definition) is 4. The first-order valence-electron chi connectivity index (χ1n) is 10.3. The highest BCUT2D eigenvalue weighted by atomic mass is 32.1. The first-order chi connectivity index (χ1) is 15.2. The van der Waals surface area contributed by atoms with Crippen molar-refractivity contribution in [2.75, 3.05) is 5.32 Å². The second-order valence-corrected chi connectivity index (χ2v) is 9.37. The number of aromatic nitrogens is 2. The van der Waals surface area contributed by atoms with Gasteiger partial charge in [-0.15, -0.1) is 5.10 Å². The Hall–Kier alpha value is -2.79. The van der Waals surface area contributed by atoms with Gasteiger partial charge < -0.3 is 15.4 Å². The Labute approximate surface area is 196 Å². The number of hydrogen-bond acceptors (Lipinski definition) is 7. The summed E-state index contributed by atoms with van der Waals surface area (Å²) in [5.74, 6) is -1.25. The molecule has 1 heterocycles. The lowest BCUT2D eigenvalue weighted by Crippen LogP contribution is -2.56. The minimum absolute atomic E-state index is 0.0915. The van der Waals surface area contributed by atoms with E-state index in [0.717, 1.165) is 16.9 Å². The molecule has 1 aromatic carbocycles. The monoisotopic (exact) mass is 479 g/mol. The molecule has 9 nitrogen and oxygen atoms in total. The van der Waals surface area contributed by atoms with E-state index in [0.29, 0.717) is 15.5 Å². The third-order valence-electron chi connectivity index (χ3n) is 4.90. The van der Waals surface area contributed by atoms with Gasteiger partial charge in [0.15, 0.2) is 3.95 Å². The predicted molar refractivity (Wildman–Crippen MR) is 126 cm³/mol. The van der Waals surface area contributed by atoms with E-state index in [2.05, 4.69) is 26.1 Å². The molecule has 0 aliphatic carbocycles. The number of ether oxygens (including phenoxy) is 1. The molecule has 2 aromatic rings. The first kappa shape index (κ1) is 25.5. The molecule has 0 aliphatic rings. The minimum Gasteiger partial charge on any atom is -0.445 e. The number of carbonyl (C=O) groups is 3. The third-order valence-corrected chi connectivity index (χ3v) is 5.90. The van der Waals surface area contributed by atoms with Crippen LogP contribution in [-0.2, 0) is 20.9 Å². The number of nitrogens with zero attached hydrogens (tertiary/aromatic N) is 1. The number of aromatic amines is 1. The molecule has 3 amide bonds. The van der Waals surface area contributed by atoms with Gasteiger partial charge in [-0.25, -0.2) is 4.79 Å². The van der Waals surface area contributed by atoms with Crippen LogP contribution in [0.25, 0.3) is 0 Å². The number of nitrogens with one attached hydrogen (secondary N) is 4. The van der Waals surface area contributed by atoms with Crippen molar-refractivity contribution in [2.24, 2.45) is 11.8 Å². The molecule has 0 aliphatic heterocycles. The first-order valence-corrected chi connectivity index (χ1v) is 11.6. The number of H-pyrrole nitrogens is 1. The highest BCUT2D eigenvalue weighted by Gasteiger charge is 2.32. The fourth-order valence-electron chi connectivity index (χ4n) is 2.84. The van der Waals surface area contributed by atoms with Crippen LogP contribution in [0.5, 0.6) is 0 Å². The van der Waals surface area contributed by atoms with Gasteiger partial charge in [-0.2, -0.15) is 0 Å². The van der Waals surface area contributed by atoms with Gasteiger partial charge in [-0.05, 0) is 29.6 Å². The minimum atomic E-state index is -0.857. The molecule has 0 saturated carbocycles. The Morgan fingerprint density at radius 1 is 1.09 bits per heavy atom. The highest BCUT2D eigenvalue weighted by Crippen LogP contribution is 2.14. The van der Waals surface area contributed by atoms with E-state index in [9.17, 15) is 14.4 Å². The van der Waals surface area contributed by atoms with Crippen LogP contribution in [0.3, 0.4) is 0 Å². The number of benzene rings is 1. The van der Waals surface area contributed by atoms with Gasteiger partial charge >= 0.3 is 6.09 Å². The molecule has 174 valence electrons. The number of carbonyl (C=O) groups excluding carboxylic acids is 3. The number of rotatable bonds is 10. The Balaban J connectivity index is 2.02. The average Bonchev–Trinajstić information content (AvgIpc) is 3.18. The summed E-state index contributed by atoms with van der Waals surface area (Å²) in [4.78, 5) is 38.1. The van der Waals surface area contributed by atoms with Crippen LogP contribution in [0.4, 0.5) is 9.93 Å². The number of alkyl carbamates (subject to hydrolysis) is 1. The molecule has 0 radical (unpaired) electrons. The van der Waals surface area contributed by atoms with Crippen molar-refractivity contribution in [1.29, 1.82) is 0 Å². The van der Waals surface area contributed by atoms with Crippen LogP contribution in [0, 0.1) is 15.8 Å². The summed E-state index contributed by atoms with van der Waals surface area (Å²) >= 11 is 6.09. The molecular weight excluding hydrogens is 450 g/mol. The molecule has 32 heavy (non-hydrogen) atoms. The maximum Gasteiger partial charge on any atom is 0.408 e. The zero-order valence-corrected chi connectivity index (χ0v) is 20.1. The van der Waals surface area contributed by atoms with E-state index in [1.807, 2.05) is 58.0 Å². The third kappa shape index (κ3) is 7.72. The van der Waals surface area contributed by atoms with Gasteiger partial charge in [0.05, 0.1) is 0 Å². The van der Waals surface area contributed by atoms with E-state index >= 15 is 0 Å². The largest absolute Gasteiger partial charge is 0.445 e. The van der Waals surface area contributed by atoms with E-state index in [4.69, 9.17) is 17.0 Å². The average molecular weight is 480 g/mol. The lowest BCUT2D eigenvalue weighted by molar-refractivity contribution is -0.129. The van der Waals surface area contributed by atoms with Crippen molar-refractivity contribution in [3.05, 3.63) is 39.8 Å². The van der Waals surface area contributed by atoms with Crippen molar-refractivity contribution < 1.29 is 19.1 Å². The van der Waals surface area contributed by atoms with Crippen LogP contribution < -0.4 is 16.0 Å². The van der Waals surface area contributed by atoms with Crippen molar-refractivity contribution in [2.45, 2.75) is 52.8 Å². The molecule has 11 heteroatoms. The number of anilines is 1. The van der Waals surface area contributed by atoms with Gasteiger partial charge in [0.2, 0.25) is 16.9 Å². The molecule has 1 aromatic heterocycles. The molecule has 3 atom stereocenters. The maximum absolute atomic E-state index is 13.0. The van der Waals surface area contributed by atoms with Crippen molar-refractivity contribution in [3.63, 3.8) is 0 Å². The molecule has 3 unspecified atom stereocenters. The lowest BCUT2D eigenvalue weighted by Gasteiger charge is -2.27. The van der Waals surface area contributed by atoms with E-state index in [1.54, 1.807) is 0 Å². The van der Waals surface area contributed by atoms with Gasteiger partial charge in [-0.1, -0.05) is 75.8 Å². The Bertz CT molecular complexity index is 960. The summed E-state index contributed by atoms with van der Waals surface area (Å²) in [6.07, 6.45) is -0.0530. The lowest BCUT2D eigenvalue weighted by atomic mass is 9.96. The quantitative estimate of drug-likeness (QED) is 0.386. The van der Waals surface area contributed by atoms with Gasteiger partial charge in [-0.3, -0.25) is 20.0 Å². The summed E-state index contributed by atoms with van der Waals surface area (Å²) in [6, 6.07) is 7.57. The van der Waals surface area contributed by atoms with E-state index in [1.165, 1.54) is 0 Å². The van der Waals surface area contributed by atoms with Crippen LogP contribution in [-0.4, -0.2) is 40.2 Å². The summed E-state index contributed by atoms with van der Waals surface area (Å²) in [6.45, 7) is 7.49. The van der Waals surface area contributed by atoms with Crippen molar-refractivity contribution in [3.8, 4) is 0 Å². The van der Waals surface area contributed by atoms with Crippen LogP contribution in [0.1, 0.15) is 39.7 Å². The summed E-state index contributed by atoms with van der Waals surface area (Å²) in [5, 5.41) is 14.9. The predicted octanol–water partition coefficient (Wildman–Crippen LogP) is 3.62. The molecule has 4 N–H and O–H groups in total. The summed E-state index contributed by atoms with van der Waals surface area (Å²) < 4.78 is 5.69. The van der Waals surface area contributed by atoms with Crippen LogP contribution >= 0.6 is 23.6 Å². The van der Waals surface area contributed by atoms with Crippen molar-refractivity contribution >= 4 is 46.6 Å². The van der Waals surface area contributed by atoms with E-state index < -0.39 is 30.0 Å². The van der Waals surface area contributed by atoms with Crippen molar-refractivity contribution in [1.82, 2.24) is 20.8 Å². The fourth-order valence-corrected chi connectivity index (χ4v) is 3.63. The Morgan fingerprint density at radius 2 is 1.78 bits per heavy atom. The van der Waals surface area contributed by atoms with Crippen LogP contribution in [0.2, 0.25) is 0 Å². The molecule has 0 bridgehead atoms. The Kier molecular flexibility index (Phi) is 9.79. The fraction of sp³-hybridized carbons (Fsp3) is 0.476. The standard InChI is InChI=1S/C21H29N5O4S2/c1-5-13(4)16(23-20(29)30-11-14-9-7-6-8-10-14)18(28)22-15(12(2)3)17(27)24-19-25-26-21(31)32-19/h6-10,12-13,15-16H,5,11H2,1-4H3,(H,22,28)(H,23,29)(H,26,31)(H,24,25,27). The Morgan fingerprint density at radius 3 is 2.34 bits per heavy atom. The topological polar surface area (TPSA) is 125 Å². The molecule has 0 spiro atoms. The zero-order valence-electron chi connectivity index (χ0n) is 18.5.